The molecule has 6 rings (SSSR count). The van der Waals surface area contributed by atoms with Crippen molar-refractivity contribution in [3.8, 4) is 0 Å². The lowest BCUT2D eigenvalue weighted by Gasteiger charge is -2.28. The summed E-state index contributed by atoms with van der Waals surface area (Å²) in [4.78, 5) is 0. The lowest BCUT2D eigenvalue weighted by Crippen LogP contribution is -2.14. The number of hydrogen-bond donors (Lipinski definition) is 0. The second kappa shape index (κ2) is 12.2. The Balaban J connectivity index is 1.34. The molecule has 2 atom stereocenters. The average Bonchev–Trinajstić information content (AvgIpc) is 2.95. The first-order valence-electron chi connectivity index (χ1n) is 14.3. The number of halogens is 2. The summed E-state index contributed by atoms with van der Waals surface area (Å²) in [7, 11) is 0. The Bertz CT molecular complexity index is 1670. The fourth-order valence-corrected chi connectivity index (χ4v) is 8.05. The molecule has 0 radical (unpaired) electrons. The van der Waals surface area contributed by atoms with Crippen molar-refractivity contribution in [2.45, 2.75) is 39.0 Å². The van der Waals surface area contributed by atoms with Gasteiger partial charge in [0.25, 0.3) is 0 Å². The van der Waals surface area contributed by atoms with Gasteiger partial charge in [0, 0.05) is 7.15 Å². The van der Waals surface area contributed by atoms with Crippen LogP contribution in [0.1, 0.15) is 54.0 Å². The van der Waals surface area contributed by atoms with Gasteiger partial charge in [-0.25, -0.2) is 0 Å². The van der Waals surface area contributed by atoms with Crippen LogP contribution in [-0.4, -0.2) is 0 Å². The van der Waals surface area contributed by atoms with Gasteiger partial charge < -0.3 is 0 Å². The fourth-order valence-electron chi connectivity index (χ4n) is 6.23. The number of benzene rings is 3. The van der Waals surface area contributed by atoms with E-state index in [1.54, 1.807) is 0 Å². The highest BCUT2D eigenvalue weighted by molar-refractivity contribution is 14.1. The van der Waals surface area contributed by atoms with Gasteiger partial charge in [0.15, 0.2) is 0 Å². The summed E-state index contributed by atoms with van der Waals surface area (Å²) in [5, 5.41) is 2.71. The molecule has 0 spiro atoms. The monoisotopic (exact) mass is 744 g/mol. The third-order valence-electron chi connectivity index (χ3n) is 8.45. The molecular formula is C38H34I2. The van der Waals surface area contributed by atoms with Crippen LogP contribution < -0.4 is 0 Å². The van der Waals surface area contributed by atoms with E-state index >= 15 is 0 Å². The van der Waals surface area contributed by atoms with Crippen LogP contribution >= 0.6 is 45.2 Å². The van der Waals surface area contributed by atoms with E-state index in [1.807, 2.05) is 0 Å². The maximum Gasteiger partial charge on any atom is 0.0240 e. The molecule has 2 unspecified atom stereocenters. The van der Waals surface area contributed by atoms with Crippen molar-refractivity contribution in [1.29, 1.82) is 0 Å². The summed E-state index contributed by atoms with van der Waals surface area (Å²) in [5.41, 5.74) is 11.0. The highest BCUT2D eigenvalue weighted by atomic mass is 127. The van der Waals surface area contributed by atoms with Crippen LogP contribution in [0.15, 0.2) is 115 Å². The van der Waals surface area contributed by atoms with Crippen LogP contribution in [0, 0.1) is 15.4 Å². The van der Waals surface area contributed by atoms with E-state index < -0.39 is 0 Å². The normalized spacial score (nSPS) is 25.6. The number of aryl methyl sites for hydroxylation is 1. The zero-order valence-electron chi connectivity index (χ0n) is 23.0. The van der Waals surface area contributed by atoms with E-state index in [1.165, 1.54) is 63.3 Å². The molecule has 3 aromatic rings. The molecule has 3 aromatic carbocycles. The van der Waals surface area contributed by atoms with Crippen molar-refractivity contribution in [3.05, 3.63) is 146 Å². The molecule has 3 aliphatic carbocycles. The summed E-state index contributed by atoms with van der Waals surface area (Å²) >= 11 is 5.04. The number of fused-ring (bicyclic) bond motifs is 4. The zero-order valence-corrected chi connectivity index (χ0v) is 27.3. The molecule has 0 bridgehead atoms. The first-order chi connectivity index (χ1) is 19.5. The molecular weight excluding hydrogens is 710 g/mol. The first-order valence-corrected chi connectivity index (χ1v) is 16.5. The second-order valence-corrected chi connectivity index (χ2v) is 13.4. The third-order valence-corrected chi connectivity index (χ3v) is 10.6. The van der Waals surface area contributed by atoms with E-state index in [0.29, 0.717) is 11.8 Å². The lowest BCUT2D eigenvalue weighted by atomic mass is 9.79. The van der Waals surface area contributed by atoms with Gasteiger partial charge in [-0.1, -0.05) is 105 Å². The first kappa shape index (κ1) is 27.7. The largest absolute Gasteiger partial charge is 0.0918 e. The van der Waals surface area contributed by atoms with Crippen molar-refractivity contribution in [2.24, 2.45) is 11.8 Å². The van der Waals surface area contributed by atoms with Crippen LogP contribution in [0.3, 0.4) is 0 Å². The summed E-state index contributed by atoms with van der Waals surface area (Å²) in [6.45, 7) is 6.53. The molecule has 0 nitrogen and oxygen atoms in total. The highest BCUT2D eigenvalue weighted by Gasteiger charge is 2.25. The van der Waals surface area contributed by atoms with Crippen molar-refractivity contribution >= 4 is 71.2 Å². The Morgan fingerprint density at radius 2 is 1.80 bits per heavy atom. The van der Waals surface area contributed by atoms with Crippen molar-refractivity contribution in [2.75, 3.05) is 0 Å². The summed E-state index contributed by atoms with van der Waals surface area (Å²) in [6, 6.07) is 18.6. The minimum atomic E-state index is 0.348. The maximum absolute atomic E-state index is 4.18. The quantitative estimate of drug-likeness (QED) is 0.218. The number of rotatable bonds is 1. The number of allylic oxidation sites excluding steroid dienone is 11. The number of hydrogen-bond acceptors (Lipinski definition) is 0. The van der Waals surface area contributed by atoms with Gasteiger partial charge in [0.2, 0.25) is 0 Å². The molecule has 3 aliphatic rings. The fraction of sp³-hybridized carbons (Fsp3) is 0.211. The minimum absolute atomic E-state index is 0.348. The van der Waals surface area contributed by atoms with Gasteiger partial charge in [-0.2, -0.15) is 0 Å². The topological polar surface area (TPSA) is 0 Å². The SMILES string of the molecule is C=C1/C=C\C=C/CC2Cc3cc(/C4=C/CCCc5cc6cccc(I)c6cc5/C=C\C4C)ccc3C(I)=C2/C=C\1. The Labute approximate surface area is 266 Å². The van der Waals surface area contributed by atoms with Crippen LogP contribution in [0.2, 0.25) is 0 Å². The van der Waals surface area contributed by atoms with Gasteiger partial charge in [0.05, 0.1) is 0 Å². The molecule has 2 heteroatoms. The van der Waals surface area contributed by atoms with Crippen molar-refractivity contribution < 1.29 is 0 Å². The molecule has 0 saturated carbocycles. The van der Waals surface area contributed by atoms with Gasteiger partial charge in [-0.15, -0.1) is 0 Å². The van der Waals surface area contributed by atoms with Gasteiger partial charge >= 0.3 is 0 Å². The summed E-state index contributed by atoms with van der Waals surface area (Å²) in [6.07, 6.45) is 25.9. The van der Waals surface area contributed by atoms with Gasteiger partial charge in [-0.05, 0) is 157 Å². The Kier molecular flexibility index (Phi) is 8.45. The lowest BCUT2D eigenvalue weighted by molar-refractivity contribution is 0.627. The summed E-state index contributed by atoms with van der Waals surface area (Å²) < 4.78 is 2.70. The standard InChI is InChI=1S/C38H34I2/c1-25-9-4-3-5-11-29-22-32-23-31(18-20-35(32)38(40)34(29)19-15-25)33-13-7-6-10-27-21-30-12-8-14-37(39)36(30)24-28(27)17-16-26(33)2/h3-5,8-9,12-21,23-24,26,29H,1,6-7,10-11,22H2,2H3/b5-3-,9-4-,17-16-,19-15-,33-13+. The van der Waals surface area contributed by atoms with Gasteiger partial charge in [0.1, 0.15) is 0 Å². The van der Waals surface area contributed by atoms with Crippen molar-refractivity contribution in [3.63, 3.8) is 0 Å². The summed E-state index contributed by atoms with van der Waals surface area (Å²) in [5.74, 6) is 0.839. The predicted molar refractivity (Wildman–Crippen MR) is 192 cm³/mol. The predicted octanol–water partition coefficient (Wildman–Crippen LogP) is 11.5. The Morgan fingerprint density at radius 1 is 0.900 bits per heavy atom. The minimum Gasteiger partial charge on any atom is -0.0918 e. The molecule has 0 N–H and O–H groups in total. The van der Waals surface area contributed by atoms with Crippen molar-refractivity contribution in [1.82, 2.24) is 0 Å². The molecule has 0 fully saturated rings. The van der Waals surface area contributed by atoms with E-state index in [-0.39, 0.29) is 0 Å². The molecule has 0 aromatic heterocycles. The van der Waals surface area contributed by atoms with Crippen LogP contribution in [-0.2, 0) is 12.8 Å². The zero-order chi connectivity index (χ0) is 27.6. The molecule has 0 aliphatic heterocycles. The third kappa shape index (κ3) is 5.80. The molecule has 40 heavy (non-hydrogen) atoms. The second-order valence-electron chi connectivity index (χ2n) is 11.2. The van der Waals surface area contributed by atoms with Crippen LogP contribution in [0.5, 0.6) is 0 Å². The van der Waals surface area contributed by atoms with Crippen LogP contribution in [0.4, 0.5) is 0 Å². The Morgan fingerprint density at radius 3 is 2.70 bits per heavy atom. The molecule has 0 amide bonds. The maximum atomic E-state index is 4.18. The van der Waals surface area contributed by atoms with E-state index in [4.69, 9.17) is 0 Å². The smallest absolute Gasteiger partial charge is 0.0240 e. The average molecular weight is 744 g/mol. The van der Waals surface area contributed by atoms with E-state index in [2.05, 4.69) is 162 Å². The van der Waals surface area contributed by atoms with Gasteiger partial charge in [-0.3, -0.25) is 0 Å². The highest BCUT2D eigenvalue weighted by Crippen LogP contribution is 2.43. The van der Waals surface area contributed by atoms with E-state index in [0.717, 1.165) is 31.3 Å². The van der Waals surface area contributed by atoms with E-state index in [9.17, 15) is 0 Å². The van der Waals surface area contributed by atoms with Crippen LogP contribution in [0.25, 0.3) is 26.0 Å². The Hall–Kier alpha value is -2.44. The molecule has 0 saturated heterocycles. The molecule has 200 valence electrons. The molecule has 0 heterocycles.